The van der Waals surface area contributed by atoms with Crippen LogP contribution in [0.15, 0.2) is 0 Å². The van der Waals surface area contributed by atoms with Gasteiger partial charge in [0.15, 0.2) is 11.9 Å². The predicted octanol–water partition coefficient (Wildman–Crippen LogP) is 3.32. The fraction of sp³-hybridized carbons (Fsp3) is 0.842. The van der Waals surface area contributed by atoms with E-state index in [9.17, 15) is 14.4 Å². The molecular weight excluding hydrogens is 292 g/mol. The van der Waals surface area contributed by atoms with E-state index in [0.717, 1.165) is 19.3 Å². The first kappa shape index (κ1) is 16.7. The summed E-state index contributed by atoms with van der Waals surface area (Å²) in [6.45, 7) is 9.99. The molecule has 0 unspecified atom stereocenters. The standard InChI is InChI=1S/C19H28O4/c1-11(20)16-19(5)8-6-12-17(2,3)14(21)7-9-18(12,4)13(19)10-15(22)23-16/h12-13,16H,6-10H2,1-5H3/t12-,13-,16+,18-,19-/m0/s1. The van der Waals surface area contributed by atoms with Crippen LogP contribution in [-0.4, -0.2) is 23.6 Å². The maximum absolute atomic E-state index is 12.4. The van der Waals surface area contributed by atoms with E-state index in [1.807, 2.05) is 0 Å². The number of Topliss-reactive ketones (excluding diaryl/α,β-unsaturated/α-hetero) is 2. The topological polar surface area (TPSA) is 60.4 Å². The SMILES string of the molecule is CC(=O)[C@H]1OC(=O)C[C@@H]2[C@]1(C)CC[C@H]1C(C)(C)C(=O)CC[C@]21C. The van der Waals surface area contributed by atoms with Crippen molar-refractivity contribution in [1.82, 2.24) is 0 Å². The Morgan fingerprint density at radius 3 is 2.30 bits per heavy atom. The van der Waals surface area contributed by atoms with Crippen molar-refractivity contribution < 1.29 is 19.1 Å². The van der Waals surface area contributed by atoms with Crippen LogP contribution in [0, 0.1) is 28.1 Å². The van der Waals surface area contributed by atoms with Crippen LogP contribution < -0.4 is 0 Å². The lowest BCUT2D eigenvalue weighted by atomic mass is 9.41. The summed E-state index contributed by atoms with van der Waals surface area (Å²) in [6.07, 6.45) is 2.89. The molecule has 1 heterocycles. The first-order valence-electron chi connectivity index (χ1n) is 8.76. The number of carbonyl (C=O) groups excluding carboxylic acids is 3. The highest BCUT2D eigenvalue weighted by Crippen LogP contribution is 2.66. The van der Waals surface area contributed by atoms with E-state index in [1.165, 1.54) is 6.92 Å². The van der Waals surface area contributed by atoms with Crippen LogP contribution >= 0.6 is 0 Å². The van der Waals surface area contributed by atoms with Crippen molar-refractivity contribution in [1.29, 1.82) is 0 Å². The van der Waals surface area contributed by atoms with Gasteiger partial charge in [0.25, 0.3) is 0 Å². The second kappa shape index (κ2) is 4.90. The zero-order valence-electron chi connectivity index (χ0n) is 14.9. The fourth-order valence-electron chi connectivity index (χ4n) is 6.20. The summed E-state index contributed by atoms with van der Waals surface area (Å²) in [5.74, 6) is 0.400. The molecule has 23 heavy (non-hydrogen) atoms. The third-order valence-electron chi connectivity index (χ3n) is 7.43. The van der Waals surface area contributed by atoms with Crippen LogP contribution in [0.25, 0.3) is 0 Å². The maximum Gasteiger partial charge on any atom is 0.306 e. The van der Waals surface area contributed by atoms with Gasteiger partial charge in [0.05, 0.1) is 0 Å². The molecule has 0 amide bonds. The zero-order valence-corrected chi connectivity index (χ0v) is 14.9. The van der Waals surface area contributed by atoms with Gasteiger partial charge in [0.2, 0.25) is 0 Å². The van der Waals surface area contributed by atoms with Crippen molar-refractivity contribution in [2.75, 3.05) is 0 Å². The van der Waals surface area contributed by atoms with Crippen LogP contribution in [0.3, 0.4) is 0 Å². The van der Waals surface area contributed by atoms with Gasteiger partial charge in [-0.3, -0.25) is 14.4 Å². The number of rotatable bonds is 1. The van der Waals surface area contributed by atoms with Crippen LogP contribution in [0.5, 0.6) is 0 Å². The molecule has 0 bridgehead atoms. The molecule has 0 aromatic carbocycles. The molecule has 1 saturated heterocycles. The molecule has 3 rings (SSSR count). The molecule has 0 radical (unpaired) electrons. The minimum Gasteiger partial charge on any atom is -0.454 e. The molecule has 5 atom stereocenters. The largest absolute Gasteiger partial charge is 0.454 e. The Balaban J connectivity index is 2.06. The number of cyclic esters (lactones) is 1. The fourth-order valence-corrected chi connectivity index (χ4v) is 6.20. The summed E-state index contributed by atoms with van der Waals surface area (Å²) in [5, 5.41) is 0. The second-order valence-electron chi connectivity index (χ2n) is 8.99. The van der Waals surface area contributed by atoms with Crippen molar-refractivity contribution in [2.45, 2.75) is 72.8 Å². The first-order chi connectivity index (χ1) is 10.5. The van der Waals surface area contributed by atoms with Gasteiger partial charge < -0.3 is 4.74 Å². The normalized spacial score (nSPS) is 45.7. The Bertz CT molecular complexity index is 578. The molecule has 0 spiro atoms. The number of fused-ring (bicyclic) bond motifs is 3. The molecule has 3 fully saturated rings. The number of carbonyl (C=O) groups is 3. The van der Waals surface area contributed by atoms with Crippen molar-refractivity contribution in [3.05, 3.63) is 0 Å². The van der Waals surface area contributed by atoms with Crippen LogP contribution in [0.1, 0.15) is 66.7 Å². The van der Waals surface area contributed by atoms with Gasteiger partial charge in [-0.05, 0) is 43.4 Å². The van der Waals surface area contributed by atoms with E-state index >= 15 is 0 Å². The first-order valence-corrected chi connectivity index (χ1v) is 8.76. The van der Waals surface area contributed by atoms with Crippen LogP contribution in [0.2, 0.25) is 0 Å². The highest BCUT2D eigenvalue weighted by atomic mass is 16.5. The molecule has 0 N–H and O–H groups in total. The Morgan fingerprint density at radius 2 is 1.70 bits per heavy atom. The molecule has 4 nitrogen and oxygen atoms in total. The number of hydrogen-bond donors (Lipinski definition) is 0. The molecular formula is C19H28O4. The number of ketones is 2. The highest BCUT2D eigenvalue weighted by Gasteiger charge is 2.65. The van der Waals surface area contributed by atoms with Crippen molar-refractivity contribution in [3.8, 4) is 0 Å². The van der Waals surface area contributed by atoms with Gasteiger partial charge in [-0.25, -0.2) is 0 Å². The molecule has 3 aliphatic rings. The van der Waals surface area contributed by atoms with Gasteiger partial charge in [0.1, 0.15) is 5.78 Å². The molecule has 2 aliphatic carbocycles. The van der Waals surface area contributed by atoms with E-state index in [1.54, 1.807) is 0 Å². The smallest absolute Gasteiger partial charge is 0.306 e. The lowest BCUT2D eigenvalue weighted by Crippen LogP contribution is -2.63. The van der Waals surface area contributed by atoms with Crippen LogP contribution in [0.4, 0.5) is 0 Å². The van der Waals surface area contributed by atoms with Gasteiger partial charge in [-0.2, -0.15) is 0 Å². The lowest BCUT2D eigenvalue weighted by molar-refractivity contribution is -0.211. The average Bonchev–Trinajstić information content (AvgIpc) is 2.44. The summed E-state index contributed by atoms with van der Waals surface area (Å²) in [6, 6.07) is 0. The molecule has 4 heteroatoms. The minimum atomic E-state index is -0.632. The zero-order chi connectivity index (χ0) is 17.2. The maximum atomic E-state index is 12.4. The van der Waals surface area contributed by atoms with Crippen molar-refractivity contribution >= 4 is 17.5 Å². The third kappa shape index (κ3) is 2.13. The third-order valence-corrected chi connectivity index (χ3v) is 7.43. The summed E-state index contributed by atoms with van der Waals surface area (Å²) >= 11 is 0. The number of hydrogen-bond acceptors (Lipinski definition) is 4. The summed E-state index contributed by atoms with van der Waals surface area (Å²) in [5.41, 5.74) is -0.736. The van der Waals surface area contributed by atoms with Gasteiger partial charge in [0, 0.05) is 23.7 Å². The number of ether oxygens (including phenoxy) is 1. The highest BCUT2D eigenvalue weighted by molar-refractivity contribution is 5.87. The van der Waals surface area contributed by atoms with Gasteiger partial charge in [-0.1, -0.05) is 27.7 Å². The Morgan fingerprint density at radius 1 is 1.04 bits per heavy atom. The van der Waals surface area contributed by atoms with Gasteiger partial charge in [-0.15, -0.1) is 0 Å². The predicted molar refractivity (Wildman–Crippen MR) is 85.6 cm³/mol. The van der Waals surface area contributed by atoms with E-state index in [4.69, 9.17) is 4.74 Å². The van der Waals surface area contributed by atoms with E-state index < -0.39 is 6.10 Å². The molecule has 0 aromatic heterocycles. The van der Waals surface area contributed by atoms with Gasteiger partial charge >= 0.3 is 5.97 Å². The van der Waals surface area contributed by atoms with E-state index in [2.05, 4.69) is 27.7 Å². The minimum absolute atomic E-state index is 0.0567. The van der Waals surface area contributed by atoms with E-state index in [-0.39, 0.29) is 39.8 Å². The monoisotopic (exact) mass is 320 g/mol. The van der Waals surface area contributed by atoms with Crippen molar-refractivity contribution in [2.24, 2.45) is 28.1 Å². The quantitative estimate of drug-likeness (QED) is 0.695. The molecule has 1 aliphatic heterocycles. The van der Waals surface area contributed by atoms with E-state index in [0.29, 0.717) is 18.6 Å². The summed E-state index contributed by atoms with van der Waals surface area (Å²) < 4.78 is 5.46. The average molecular weight is 320 g/mol. The molecule has 0 aromatic rings. The summed E-state index contributed by atoms with van der Waals surface area (Å²) in [4.78, 5) is 36.7. The molecule has 2 saturated carbocycles. The second-order valence-corrected chi connectivity index (χ2v) is 8.99. The Kier molecular flexibility index (Phi) is 3.55. The number of esters is 1. The summed E-state index contributed by atoms with van der Waals surface area (Å²) in [7, 11) is 0. The molecule has 128 valence electrons. The lowest BCUT2D eigenvalue weighted by Gasteiger charge is -2.63. The van der Waals surface area contributed by atoms with Crippen LogP contribution in [-0.2, 0) is 19.1 Å². The Hall–Kier alpha value is -1.19. The Labute approximate surface area is 138 Å². The van der Waals surface area contributed by atoms with Crippen molar-refractivity contribution in [3.63, 3.8) is 0 Å².